The lowest BCUT2D eigenvalue weighted by molar-refractivity contribution is 0.558. The summed E-state index contributed by atoms with van der Waals surface area (Å²) < 4.78 is 27.3. The number of hydrogen-bond acceptors (Lipinski definition) is 2. The van der Waals surface area contributed by atoms with E-state index in [0.29, 0.717) is 5.56 Å². The van der Waals surface area contributed by atoms with Crippen LogP contribution in [0.1, 0.15) is 17.2 Å². The van der Waals surface area contributed by atoms with Crippen LogP contribution in [0.25, 0.3) is 0 Å². The lowest BCUT2D eigenvalue weighted by Gasteiger charge is -2.20. The summed E-state index contributed by atoms with van der Waals surface area (Å²) in [6, 6.07) is 10.9. The second-order valence-corrected chi connectivity index (χ2v) is 4.88. The van der Waals surface area contributed by atoms with Gasteiger partial charge in [0.2, 0.25) is 0 Å². The van der Waals surface area contributed by atoms with Gasteiger partial charge in [-0.05, 0) is 42.9 Å². The van der Waals surface area contributed by atoms with Crippen molar-refractivity contribution in [1.82, 2.24) is 5.32 Å². The van der Waals surface area contributed by atoms with Crippen molar-refractivity contribution in [3.05, 3.63) is 65.2 Å². The predicted octanol–water partition coefficient (Wildman–Crippen LogP) is 3.34. The monoisotopic (exact) mass is 276 g/mol. The van der Waals surface area contributed by atoms with E-state index in [1.165, 1.54) is 6.07 Å². The predicted molar refractivity (Wildman–Crippen MR) is 78.0 cm³/mol. The first-order chi connectivity index (χ1) is 9.52. The summed E-state index contributed by atoms with van der Waals surface area (Å²) in [5.41, 5.74) is 2.21. The van der Waals surface area contributed by atoms with E-state index in [2.05, 4.69) is 5.32 Å². The van der Waals surface area contributed by atoms with Crippen molar-refractivity contribution >= 4 is 5.69 Å². The highest BCUT2D eigenvalue weighted by Gasteiger charge is 2.17. The molecule has 0 aliphatic heterocycles. The lowest BCUT2D eigenvalue weighted by Crippen LogP contribution is -2.20. The van der Waals surface area contributed by atoms with Crippen LogP contribution in [-0.4, -0.2) is 21.1 Å². The largest absolute Gasteiger partial charge is 0.378 e. The van der Waals surface area contributed by atoms with Gasteiger partial charge in [0.15, 0.2) is 0 Å². The third kappa shape index (κ3) is 2.96. The molecule has 0 bridgehead atoms. The molecule has 1 unspecified atom stereocenters. The number of benzene rings is 2. The molecule has 106 valence electrons. The maximum Gasteiger partial charge on any atom is 0.128 e. The van der Waals surface area contributed by atoms with Crippen molar-refractivity contribution in [1.29, 1.82) is 0 Å². The maximum absolute atomic E-state index is 13.9. The molecule has 1 N–H and O–H groups in total. The molecule has 2 rings (SSSR count). The first-order valence-electron chi connectivity index (χ1n) is 6.42. The molecule has 0 aromatic heterocycles. The SMILES string of the molecule is CNC(c1cccc(N(C)C)c1)c1cc(F)ccc1F. The van der Waals surface area contributed by atoms with Gasteiger partial charge in [0, 0.05) is 25.3 Å². The molecule has 0 saturated heterocycles. The second kappa shape index (κ2) is 6.01. The minimum absolute atomic E-state index is 0.309. The number of nitrogens with zero attached hydrogens (tertiary/aromatic N) is 1. The minimum Gasteiger partial charge on any atom is -0.378 e. The fourth-order valence-electron chi connectivity index (χ4n) is 2.22. The van der Waals surface area contributed by atoms with E-state index in [1.807, 2.05) is 43.3 Å². The molecule has 0 aliphatic carbocycles. The van der Waals surface area contributed by atoms with Crippen LogP contribution in [0.15, 0.2) is 42.5 Å². The Bertz CT molecular complexity index is 597. The van der Waals surface area contributed by atoms with E-state index in [4.69, 9.17) is 0 Å². The Balaban J connectivity index is 2.46. The molecular weight excluding hydrogens is 258 g/mol. The van der Waals surface area contributed by atoms with Crippen molar-refractivity contribution in [2.45, 2.75) is 6.04 Å². The molecule has 1 atom stereocenters. The Kier molecular flexibility index (Phi) is 4.35. The van der Waals surface area contributed by atoms with Gasteiger partial charge in [0.05, 0.1) is 6.04 Å². The lowest BCUT2D eigenvalue weighted by atomic mass is 9.97. The highest BCUT2D eigenvalue weighted by atomic mass is 19.1. The van der Waals surface area contributed by atoms with Crippen LogP contribution in [0.3, 0.4) is 0 Å². The molecule has 0 heterocycles. The summed E-state index contributed by atoms with van der Waals surface area (Å²) >= 11 is 0. The van der Waals surface area contributed by atoms with Crippen molar-refractivity contribution in [2.24, 2.45) is 0 Å². The number of nitrogens with one attached hydrogen (secondary N) is 1. The van der Waals surface area contributed by atoms with Crippen molar-refractivity contribution in [3.63, 3.8) is 0 Å². The molecule has 2 nitrogen and oxygen atoms in total. The molecule has 2 aromatic carbocycles. The number of anilines is 1. The number of halogens is 2. The van der Waals surface area contributed by atoms with Crippen LogP contribution in [0.5, 0.6) is 0 Å². The molecule has 2 aromatic rings. The fourth-order valence-corrected chi connectivity index (χ4v) is 2.22. The van der Waals surface area contributed by atoms with E-state index >= 15 is 0 Å². The maximum atomic E-state index is 13.9. The van der Waals surface area contributed by atoms with Crippen molar-refractivity contribution in [3.8, 4) is 0 Å². The Hall–Kier alpha value is -1.94. The van der Waals surface area contributed by atoms with Crippen LogP contribution < -0.4 is 10.2 Å². The van der Waals surface area contributed by atoms with Crippen LogP contribution >= 0.6 is 0 Å². The zero-order chi connectivity index (χ0) is 14.7. The summed E-state index contributed by atoms with van der Waals surface area (Å²) in [5.74, 6) is -0.855. The Morgan fingerprint density at radius 2 is 1.80 bits per heavy atom. The molecule has 20 heavy (non-hydrogen) atoms. The van der Waals surface area contributed by atoms with Crippen LogP contribution in [0, 0.1) is 11.6 Å². The van der Waals surface area contributed by atoms with E-state index in [1.54, 1.807) is 7.05 Å². The normalized spacial score (nSPS) is 12.2. The average molecular weight is 276 g/mol. The first kappa shape index (κ1) is 14.5. The van der Waals surface area contributed by atoms with Crippen LogP contribution in [0.4, 0.5) is 14.5 Å². The molecule has 0 fully saturated rings. The molecule has 0 spiro atoms. The van der Waals surface area contributed by atoms with E-state index in [0.717, 1.165) is 23.4 Å². The van der Waals surface area contributed by atoms with E-state index < -0.39 is 11.6 Å². The van der Waals surface area contributed by atoms with E-state index in [9.17, 15) is 8.78 Å². The second-order valence-electron chi connectivity index (χ2n) is 4.88. The Labute approximate surface area is 118 Å². The van der Waals surface area contributed by atoms with E-state index in [-0.39, 0.29) is 6.04 Å². The number of hydrogen-bond donors (Lipinski definition) is 1. The van der Waals surface area contributed by atoms with Crippen molar-refractivity contribution < 1.29 is 8.78 Å². The van der Waals surface area contributed by atoms with Crippen LogP contribution in [0.2, 0.25) is 0 Å². The Morgan fingerprint density at radius 1 is 1.05 bits per heavy atom. The third-order valence-corrected chi connectivity index (χ3v) is 3.28. The molecule has 0 amide bonds. The quantitative estimate of drug-likeness (QED) is 0.921. The first-order valence-corrected chi connectivity index (χ1v) is 6.42. The van der Waals surface area contributed by atoms with Gasteiger partial charge in [-0.2, -0.15) is 0 Å². The zero-order valence-corrected chi connectivity index (χ0v) is 11.8. The molecule has 0 radical (unpaired) electrons. The smallest absolute Gasteiger partial charge is 0.128 e. The fraction of sp³-hybridized carbons (Fsp3) is 0.250. The summed E-state index contributed by atoms with van der Waals surface area (Å²) in [7, 11) is 5.61. The summed E-state index contributed by atoms with van der Waals surface area (Å²) in [6.45, 7) is 0. The Morgan fingerprint density at radius 3 is 2.45 bits per heavy atom. The standard InChI is InChI=1S/C16H18F2N2/c1-19-16(14-10-12(17)7-8-15(14)18)11-5-4-6-13(9-11)20(2)3/h4-10,16,19H,1-3H3. The minimum atomic E-state index is -0.439. The van der Waals surface area contributed by atoms with Gasteiger partial charge in [0.1, 0.15) is 11.6 Å². The summed E-state index contributed by atoms with van der Waals surface area (Å²) in [4.78, 5) is 1.97. The summed E-state index contributed by atoms with van der Waals surface area (Å²) in [6.07, 6.45) is 0. The molecule has 0 aliphatic rings. The number of rotatable bonds is 4. The van der Waals surface area contributed by atoms with Crippen molar-refractivity contribution in [2.75, 3.05) is 26.0 Å². The highest BCUT2D eigenvalue weighted by Crippen LogP contribution is 2.27. The van der Waals surface area contributed by atoms with Gasteiger partial charge in [-0.15, -0.1) is 0 Å². The van der Waals surface area contributed by atoms with Crippen LogP contribution in [-0.2, 0) is 0 Å². The molecule has 4 heteroatoms. The average Bonchev–Trinajstić information content (AvgIpc) is 2.44. The van der Waals surface area contributed by atoms with Gasteiger partial charge >= 0.3 is 0 Å². The third-order valence-electron chi connectivity index (χ3n) is 3.28. The van der Waals surface area contributed by atoms with Gasteiger partial charge in [-0.25, -0.2) is 8.78 Å². The zero-order valence-electron chi connectivity index (χ0n) is 11.8. The highest BCUT2D eigenvalue weighted by molar-refractivity contribution is 5.49. The summed E-state index contributed by atoms with van der Waals surface area (Å²) in [5, 5.41) is 3.04. The van der Waals surface area contributed by atoms with Gasteiger partial charge in [0.25, 0.3) is 0 Å². The topological polar surface area (TPSA) is 15.3 Å². The van der Waals surface area contributed by atoms with Gasteiger partial charge in [-0.3, -0.25) is 0 Å². The van der Waals surface area contributed by atoms with Gasteiger partial charge in [-0.1, -0.05) is 12.1 Å². The van der Waals surface area contributed by atoms with Gasteiger partial charge < -0.3 is 10.2 Å². The molecular formula is C16H18F2N2. The molecule has 0 saturated carbocycles.